The van der Waals surface area contributed by atoms with Gasteiger partial charge in [-0.2, -0.15) is 0 Å². The van der Waals surface area contributed by atoms with Crippen LogP contribution in [0.25, 0.3) is 3.62 Å². The van der Waals surface area contributed by atoms with Crippen LogP contribution in [0.5, 0.6) is 0 Å². The second kappa shape index (κ2) is 10.1. The van der Waals surface area contributed by atoms with Crippen LogP contribution in [0.4, 0.5) is 13.2 Å². The van der Waals surface area contributed by atoms with Gasteiger partial charge in [-0.05, 0) is 0 Å². The number of hydrogen-bond donors (Lipinski definition) is 0. The van der Waals surface area contributed by atoms with Crippen LogP contribution in [0.15, 0.2) is 121 Å². The minimum atomic E-state index is -4.40. The molecule has 1 nitrogen and oxygen atoms in total. The quantitative estimate of drug-likeness (QED) is 0.202. The molecule has 0 heterocycles. The van der Waals surface area contributed by atoms with Crippen LogP contribution >= 0.6 is 7.14 Å². The Morgan fingerprint density at radius 3 is 1.58 bits per heavy atom. The number of alkyl halides is 3. The molecule has 0 amide bonds. The molecule has 0 aromatic heterocycles. The first-order valence-electron chi connectivity index (χ1n) is 10.2. The Hall–Kier alpha value is -2.57. The summed E-state index contributed by atoms with van der Waals surface area (Å²) < 4.78 is 55.9. The summed E-state index contributed by atoms with van der Waals surface area (Å²) in [6.07, 6.45) is -4.40. The molecule has 0 spiro atoms. The van der Waals surface area contributed by atoms with Gasteiger partial charge in [-0.15, -0.1) is 0 Å². The normalized spacial score (nSPS) is 12.5. The van der Waals surface area contributed by atoms with Crippen LogP contribution in [0.3, 0.4) is 0 Å². The third-order valence-corrected chi connectivity index (χ3v) is 11.4. The second-order valence-electron chi connectivity index (χ2n) is 7.31. The molecule has 0 saturated heterocycles. The van der Waals surface area contributed by atoms with E-state index in [0.717, 1.165) is 19.4 Å². The summed E-state index contributed by atoms with van der Waals surface area (Å²) in [5, 5.41) is 1.39. The van der Waals surface area contributed by atoms with E-state index in [2.05, 4.69) is 0 Å². The zero-order valence-corrected chi connectivity index (χ0v) is 20.7. The number of benzene rings is 4. The Kier molecular flexibility index (Phi) is 7.25. The molecule has 0 radical (unpaired) electrons. The Morgan fingerprint density at radius 1 is 0.667 bits per heavy atom. The third kappa shape index (κ3) is 5.68. The predicted octanol–water partition coefficient (Wildman–Crippen LogP) is 6.05. The van der Waals surface area contributed by atoms with Gasteiger partial charge in [0.2, 0.25) is 0 Å². The number of hydrogen-bond acceptors (Lipinski definition) is 1. The van der Waals surface area contributed by atoms with Gasteiger partial charge in [-0.1, -0.05) is 0 Å². The molecule has 0 aliphatic heterocycles. The molecule has 0 unspecified atom stereocenters. The van der Waals surface area contributed by atoms with Crippen LogP contribution in [0.2, 0.25) is 0 Å². The van der Waals surface area contributed by atoms with E-state index in [9.17, 15) is 17.7 Å². The van der Waals surface area contributed by atoms with Gasteiger partial charge in [0.25, 0.3) is 0 Å². The monoisotopic (exact) mass is 578 g/mol. The zero-order chi connectivity index (χ0) is 23.3. The van der Waals surface area contributed by atoms with E-state index < -0.39 is 39.8 Å². The molecule has 0 bridgehead atoms. The van der Waals surface area contributed by atoms with Crippen LogP contribution in [-0.4, -0.2) is 20.9 Å². The van der Waals surface area contributed by atoms with E-state index in [1.165, 1.54) is 12.1 Å². The van der Waals surface area contributed by atoms with Crippen molar-refractivity contribution < 1.29 is 17.7 Å². The summed E-state index contributed by atoms with van der Waals surface area (Å²) in [5.74, 6) is 1.81. The average molecular weight is 576 g/mol. The fraction of sp³-hybridized carbons (Fsp3) is 0.0370. The summed E-state index contributed by atoms with van der Waals surface area (Å²) >= 11 is -1.02. The molecule has 4 rings (SSSR count). The standard InChI is InChI=1S/C27H20F3OPTe/c28-27(29,30)22-18-16-21(17-19-22)26(33-25-14-8-3-9-15-25)20-32(31,23-10-4-1-5-11-23)24-12-6-2-7-13-24/h1-20H/b26-20+. The molecule has 4 aromatic carbocycles. The fourth-order valence-electron chi connectivity index (χ4n) is 3.36. The molecule has 0 atom stereocenters. The van der Waals surface area contributed by atoms with E-state index in [1.807, 2.05) is 96.8 Å². The average Bonchev–Trinajstić information content (AvgIpc) is 2.85. The molecule has 166 valence electrons. The molecular formula is C27H20F3OPTe. The SMILES string of the molecule is O=P(/C=C(/[Te]c1ccccc1)c1ccc(C(F)(F)F)cc1)(c1ccccc1)c1ccccc1. The van der Waals surface area contributed by atoms with Gasteiger partial charge in [0.05, 0.1) is 0 Å². The molecule has 0 N–H and O–H groups in total. The summed E-state index contributed by atoms with van der Waals surface area (Å²) in [4.78, 5) is 0. The first kappa shape index (κ1) is 23.6. The van der Waals surface area contributed by atoms with Gasteiger partial charge in [0.15, 0.2) is 0 Å². The minimum absolute atomic E-state index is 0.668. The van der Waals surface area contributed by atoms with Crippen molar-refractivity contribution in [3.05, 3.63) is 132 Å². The van der Waals surface area contributed by atoms with Crippen molar-refractivity contribution >= 4 is 45.9 Å². The van der Waals surface area contributed by atoms with Crippen LogP contribution < -0.4 is 14.2 Å². The molecule has 33 heavy (non-hydrogen) atoms. The predicted molar refractivity (Wildman–Crippen MR) is 131 cm³/mol. The van der Waals surface area contributed by atoms with Gasteiger partial charge in [-0.3, -0.25) is 0 Å². The number of halogens is 3. The molecule has 0 aliphatic carbocycles. The van der Waals surface area contributed by atoms with Gasteiger partial charge in [-0.25, -0.2) is 0 Å². The van der Waals surface area contributed by atoms with E-state index in [0.29, 0.717) is 16.2 Å². The van der Waals surface area contributed by atoms with Gasteiger partial charge in [0.1, 0.15) is 0 Å². The first-order chi connectivity index (χ1) is 15.9. The van der Waals surface area contributed by atoms with Crippen LogP contribution in [0, 0.1) is 0 Å². The zero-order valence-electron chi connectivity index (χ0n) is 17.4. The fourth-order valence-corrected chi connectivity index (χ4v) is 9.73. The third-order valence-electron chi connectivity index (χ3n) is 5.05. The van der Waals surface area contributed by atoms with E-state index in [4.69, 9.17) is 0 Å². The van der Waals surface area contributed by atoms with Crippen molar-refractivity contribution in [2.75, 3.05) is 0 Å². The Morgan fingerprint density at radius 2 is 1.12 bits per heavy atom. The Bertz CT molecular complexity index is 1230. The van der Waals surface area contributed by atoms with E-state index in [-0.39, 0.29) is 0 Å². The van der Waals surface area contributed by atoms with Crippen molar-refractivity contribution in [3.63, 3.8) is 0 Å². The molecule has 0 fully saturated rings. The second-order valence-corrected chi connectivity index (χ2v) is 13.1. The number of rotatable bonds is 6. The maximum atomic E-state index is 14.6. The molecular weight excluding hydrogens is 556 g/mol. The molecule has 0 aliphatic rings. The van der Waals surface area contributed by atoms with Crippen LogP contribution in [-0.2, 0) is 10.7 Å². The topological polar surface area (TPSA) is 17.1 Å². The molecule has 6 heteroatoms. The van der Waals surface area contributed by atoms with Crippen LogP contribution in [0.1, 0.15) is 11.1 Å². The summed E-state index contributed by atoms with van der Waals surface area (Å²) in [6.45, 7) is 0. The molecule has 0 saturated carbocycles. The molecule has 4 aromatic rings. The van der Waals surface area contributed by atoms with Gasteiger partial charge >= 0.3 is 202 Å². The van der Waals surface area contributed by atoms with Gasteiger partial charge < -0.3 is 0 Å². The van der Waals surface area contributed by atoms with Crippen molar-refractivity contribution in [2.24, 2.45) is 0 Å². The van der Waals surface area contributed by atoms with E-state index in [1.54, 1.807) is 0 Å². The van der Waals surface area contributed by atoms with Crippen molar-refractivity contribution in [2.45, 2.75) is 6.18 Å². The summed E-state index contributed by atoms with van der Waals surface area (Å²) in [7, 11) is -3.18. The van der Waals surface area contributed by atoms with Crippen molar-refractivity contribution in [1.82, 2.24) is 0 Å². The van der Waals surface area contributed by atoms with E-state index >= 15 is 0 Å². The maximum absolute atomic E-state index is 14.6. The Balaban J connectivity index is 1.89. The van der Waals surface area contributed by atoms with Crippen molar-refractivity contribution in [3.8, 4) is 0 Å². The van der Waals surface area contributed by atoms with Gasteiger partial charge in [0, 0.05) is 0 Å². The first-order valence-corrected chi connectivity index (χ1v) is 14.3. The Labute approximate surface area is 201 Å². The summed E-state index contributed by atoms with van der Waals surface area (Å²) in [5.41, 5.74) is -0.0263. The van der Waals surface area contributed by atoms with Crippen molar-refractivity contribution in [1.29, 1.82) is 0 Å². The summed E-state index contributed by atoms with van der Waals surface area (Å²) in [6, 6.07) is 33.5.